The van der Waals surface area contributed by atoms with E-state index in [1.165, 1.54) is 9.75 Å². The molecule has 0 aromatic carbocycles. The number of rotatable bonds is 3. The zero-order valence-corrected chi connectivity index (χ0v) is 12.7. The third-order valence-electron chi connectivity index (χ3n) is 4.18. The topological polar surface area (TPSA) is 49.4 Å². The van der Waals surface area contributed by atoms with Gasteiger partial charge in [-0.25, -0.2) is 0 Å². The van der Waals surface area contributed by atoms with Crippen LogP contribution in [0.4, 0.5) is 0 Å². The molecule has 20 heavy (non-hydrogen) atoms. The van der Waals surface area contributed by atoms with Crippen LogP contribution in [-0.4, -0.2) is 29.3 Å². The highest BCUT2D eigenvalue weighted by atomic mass is 32.1. The molecule has 0 bridgehead atoms. The molecule has 3 rings (SSSR count). The monoisotopic (exact) mass is 292 g/mol. The Bertz CT molecular complexity index is 536. The summed E-state index contributed by atoms with van der Waals surface area (Å²) in [6, 6.07) is 3.92. The molecule has 108 valence electrons. The van der Waals surface area contributed by atoms with E-state index in [1.54, 1.807) is 11.3 Å². The zero-order valence-electron chi connectivity index (χ0n) is 11.9. The van der Waals surface area contributed by atoms with Crippen LogP contribution in [-0.2, 0) is 9.59 Å². The van der Waals surface area contributed by atoms with Crippen LogP contribution in [0, 0.1) is 12.8 Å². The molecule has 2 amide bonds. The summed E-state index contributed by atoms with van der Waals surface area (Å²) in [4.78, 5) is 28.8. The second-order valence-electron chi connectivity index (χ2n) is 5.79. The predicted octanol–water partition coefficient (Wildman–Crippen LogP) is 2.24. The van der Waals surface area contributed by atoms with E-state index in [-0.39, 0.29) is 23.9 Å². The van der Waals surface area contributed by atoms with Crippen LogP contribution >= 0.6 is 11.3 Å². The fraction of sp³-hybridized carbons (Fsp3) is 0.600. The SMILES string of the molecule is Cc1ccc(C(C)N2CCC(=O)NC(C3CC3)C2=O)s1. The van der Waals surface area contributed by atoms with Gasteiger partial charge in [0.2, 0.25) is 11.8 Å². The molecule has 1 saturated heterocycles. The lowest BCUT2D eigenvalue weighted by Crippen LogP contribution is -2.46. The van der Waals surface area contributed by atoms with Gasteiger partial charge in [0.15, 0.2) is 0 Å². The van der Waals surface area contributed by atoms with Crippen molar-refractivity contribution in [2.75, 3.05) is 6.54 Å². The van der Waals surface area contributed by atoms with Gasteiger partial charge >= 0.3 is 0 Å². The van der Waals surface area contributed by atoms with Crippen LogP contribution in [0.2, 0.25) is 0 Å². The molecule has 1 N–H and O–H groups in total. The van der Waals surface area contributed by atoms with E-state index in [0.717, 1.165) is 12.8 Å². The fourth-order valence-electron chi connectivity index (χ4n) is 2.78. The Labute approximate surface area is 123 Å². The lowest BCUT2D eigenvalue weighted by Gasteiger charge is -2.29. The Hall–Kier alpha value is -1.36. The van der Waals surface area contributed by atoms with Gasteiger partial charge in [-0.15, -0.1) is 11.3 Å². The lowest BCUT2D eigenvalue weighted by atomic mass is 10.1. The predicted molar refractivity (Wildman–Crippen MR) is 78.5 cm³/mol. The standard InChI is InChI=1S/C15H20N2O2S/c1-9-3-6-12(20-9)10(2)17-8-7-13(18)16-14(15(17)19)11-4-5-11/h3,6,10-11,14H,4-5,7-8H2,1-2H3,(H,16,18). The first-order valence-electron chi connectivity index (χ1n) is 7.22. The maximum Gasteiger partial charge on any atom is 0.245 e. The number of carbonyl (C=O) groups excluding carboxylic acids is 2. The van der Waals surface area contributed by atoms with Crippen molar-refractivity contribution in [3.05, 3.63) is 21.9 Å². The summed E-state index contributed by atoms with van der Waals surface area (Å²) in [5.74, 6) is 0.452. The van der Waals surface area contributed by atoms with Crippen molar-refractivity contribution < 1.29 is 9.59 Å². The number of amides is 2. The highest BCUT2D eigenvalue weighted by Gasteiger charge is 2.42. The highest BCUT2D eigenvalue weighted by molar-refractivity contribution is 7.12. The Morgan fingerprint density at radius 1 is 1.35 bits per heavy atom. The first kappa shape index (κ1) is 13.6. The molecule has 0 radical (unpaired) electrons. The van der Waals surface area contributed by atoms with Gasteiger partial charge in [0.1, 0.15) is 6.04 Å². The van der Waals surface area contributed by atoms with Crippen molar-refractivity contribution in [3.8, 4) is 0 Å². The Morgan fingerprint density at radius 2 is 2.10 bits per heavy atom. The van der Waals surface area contributed by atoms with Crippen molar-refractivity contribution in [3.63, 3.8) is 0 Å². The zero-order chi connectivity index (χ0) is 14.3. The van der Waals surface area contributed by atoms with E-state index >= 15 is 0 Å². The van der Waals surface area contributed by atoms with Gasteiger partial charge in [-0.1, -0.05) is 0 Å². The quantitative estimate of drug-likeness (QED) is 0.929. The molecule has 4 nitrogen and oxygen atoms in total. The molecular formula is C15H20N2O2S. The summed E-state index contributed by atoms with van der Waals surface area (Å²) < 4.78 is 0. The number of hydrogen-bond donors (Lipinski definition) is 1. The van der Waals surface area contributed by atoms with Crippen molar-refractivity contribution in [2.45, 2.75) is 45.2 Å². The second-order valence-corrected chi connectivity index (χ2v) is 7.11. The number of hydrogen-bond acceptors (Lipinski definition) is 3. The minimum atomic E-state index is -0.298. The molecule has 2 unspecified atom stereocenters. The van der Waals surface area contributed by atoms with Gasteiger partial charge in [0.25, 0.3) is 0 Å². The van der Waals surface area contributed by atoms with Crippen LogP contribution in [0.15, 0.2) is 12.1 Å². The van der Waals surface area contributed by atoms with Crippen LogP contribution < -0.4 is 5.32 Å². The van der Waals surface area contributed by atoms with Crippen molar-refractivity contribution >= 4 is 23.2 Å². The molecule has 2 aliphatic rings. The summed E-state index contributed by atoms with van der Waals surface area (Å²) in [5, 5.41) is 2.91. The molecular weight excluding hydrogens is 272 g/mol. The molecule has 2 atom stereocenters. The third-order valence-corrected chi connectivity index (χ3v) is 5.35. The number of thiophene rings is 1. The molecule has 5 heteroatoms. The van der Waals surface area contributed by atoms with Crippen molar-refractivity contribution in [1.29, 1.82) is 0 Å². The number of carbonyl (C=O) groups is 2. The molecule has 1 saturated carbocycles. The summed E-state index contributed by atoms with van der Waals surface area (Å²) in [5.41, 5.74) is 0. The van der Waals surface area contributed by atoms with Gasteiger partial charge < -0.3 is 10.2 Å². The maximum absolute atomic E-state index is 12.7. The smallest absolute Gasteiger partial charge is 0.245 e. The van der Waals surface area contributed by atoms with E-state index in [9.17, 15) is 9.59 Å². The molecule has 0 spiro atoms. The molecule has 1 aromatic rings. The number of aryl methyl sites for hydroxylation is 1. The fourth-order valence-corrected chi connectivity index (χ4v) is 3.73. The number of nitrogens with zero attached hydrogens (tertiary/aromatic N) is 1. The Morgan fingerprint density at radius 3 is 2.70 bits per heavy atom. The molecule has 1 aromatic heterocycles. The van der Waals surface area contributed by atoms with E-state index in [2.05, 4.69) is 31.3 Å². The van der Waals surface area contributed by atoms with Crippen molar-refractivity contribution in [2.24, 2.45) is 5.92 Å². The number of nitrogens with one attached hydrogen (secondary N) is 1. The summed E-state index contributed by atoms with van der Waals surface area (Å²) in [6.45, 7) is 4.65. The molecule has 2 heterocycles. The van der Waals surface area contributed by atoms with Gasteiger partial charge in [0.05, 0.1) is 6.04 Å². The average molecular weight is 292 g/mol. The van der Waals surface area contributed by atoms with Crippen LogP contribution in [0.1, 0.15) is 42.0 Å². The Kier molecular flexibility index (Phi) is 3.54. The van der Waals surface area contributed by atoms with E-state index in [1.807, 2.05) is 4.90 Å². The van der Waals surface area contributed by atoms with Gasteiger partial charge in [0, 0.05) is 22.7 Å². The van der Waals surface area contributed by atoms with Crippen LogP contribution in [0.3, 0.4) is 0 Å². The van der Waals surface area contributed by atoms with E-state index < -0.39 is 0 Å². The first-order valence-corrected chi connectivity index (χ1v) is 8.04. The highest BCUT2D eigenvalue weighted by Crippen LogP contribution is 2.36. The largest absolute Gasteiger partial charge is 0.344 e. The normalized spacial score (nSPS) is 25.3. The second kappa shape index (κ2) is 5.20. The van der Waals surface area contributed by atoms with E-state index in [0.29, 0.717) is 18.9 Å². The summed E-state index contributed by atoms with van der Waals surface area (Å²) >= 11 is 1.73. The minimum Gasteiger partial charge on any atom is -0.344 e. The van der Waals surface area contributed by atoms with Crippen LogP contribution in [0.25, 0.3) is 0 Å². The first-order chi connectivity index (χ1) is 9.56. The van der Waals surface area contributed by atoms with Gasteiger partial charge in [-0.3, -0.25) is 9.59 Å². The van der Waals surface area contributed by atoms with Gasteiger partial charge in [-0.05, 0) is 44.7 Å². The Balaban J connectivity index is 1.83. The molecule has 2 fully saturated rings. The summed E-state index contributed by atoms with van der Waals surface area (Å²) in [6.07, 6.45) is 2.51. The van der Waals surface area contributed by atoms with Gasteiger partial charge in [-0.2, -0.15) is 0 Å². The van der Waals surface area contributed by atoms with E-state index in [4.69, 9.17) is 0 Å². The average Bonchev–Trinajstić information content (AvgIpc) is 3.18. The molecule has 1 aliphatic heterocycles. The molecule has 1 aliphatic carbocycles. The maximum atomic E-state index is 12.7. The van der Waals surface area contributed by atoms with Crippen molar-refractivity contribution in [1.82, 2.24) is 10.2 Å². The minimum absolute atomic E-state index is 0.00677. The summed E-state index contributed by atoms with van der Waals surface area (Å²) in [7, 11) is 0. The third kappa shape index (κ3) is 2.59. The van der Waals surface area contributed by atoms with Crippen LogP contribution in [0.5, 0.6) is 0 Å². The lowest BCUT2D eigenvalue weighted by molar-refractivity contribution is -0.135.